The molecular formula is C19H27ClN2O3S. The van der Waals surface area contributed by atoms with Crippen molar-refractivity contribution in [3.8, 4) is 0 Å². The van der Waals surface area contributed by atoms with E-state index in [0.29, 0.717) is 18.0 Å². The van der Waals surface area contributed by atoms with Crippen LogP contribution in [0.3, 0.4) is 0 Å². The van der Waals surface area contributed by atoms with Crippen LogP contribution in [0, 0.1) is 5.92 Å². The zero-order valence-electron chi connectivity index (χ0n) is 15.0. The van der Waals surface area contributed by atoms with E-state index in [0.717, 1.165) is 32.1 Å². The van der Waals surface area contributed by atoms with Crippen LogP contribution >= 0.6 is 11.6 Å². The molecule has 3 rings (SSSR count). The molecule has 5 nitrogen and oxygen atoms in total. The second kappa shape index (κ2) is 8.72. The quantitative estimate of drug-likeness (QED) is 0.788. The number of benzene rings is 1. The van der Waals surface area contributed by atoms with E-state index in [9.17, 15) is 13.2 Å². The van der Waals surface area contributed by atoms with Gasteiger partial charge in [-0.1, -0.05) is 43.4 Å². The average molecular weight is 399 g/mol. The molecule has 1 N–H and O–H groups in total. The Balaban J connectivity index is 1.65. The molecule has 1 aliphatic heterocycles. The van der Waals surface area contributed by atoms with Crippen LogP contribution in [-0.4, -0.2) is 37.8 Å². The lowest BCUT2D eigenvalue weighted by Gasteiger charge is -2.32. The summed E-state index contributed by atoms with van der Waals surface area (Å²) in [7, 11) is -3.62. The number of rotatable bonds is 4. The van der Waals surface area contributed by atoms with Gasteiger partial charge in [0.1, 0.15) is 0 Å². The number of carbonyl (C=O) groups excluding carboxylic acids is 1. The summed E-state index contributed by atoms with van der Waals surface area (Å²) in [6.07, 6.45) is 8.29. The van der Waals surface area contributed by atoms with Crippen LogP contribution in [0.25, 0.3) is 0 Å². The second-order valence-corrected chi connectivity index (χ2v) is 9.73. The van der Waals surface area contributed by atoms with Crippen LogP contribution in [0.2, 0.25) is 5.02 Å². The molecule has 1 aromatic carbocycles. The molecule has 7 heteroatoms. The molecule has 26 heavy (non-hydrogen) atoms. The van der Waals surface area contributed by atoms with Gasteiger partial charge in [-0.25, -0.2) is 8.42 Å². The Kier molecular flexibility index (Phi) is 6.59. The lowest BCUT2D eigenvalue weighted by atomic mass is 9.97. The number of amides is 1. The standard InChI is InChI=1S/C19H27ClN2O3S/c20-16-8-5-11-18(13-16)26(24,25)22-12-6-7-15(14-22)19(23)21-17-9-3-1-2-4-10-17/h5,8,11,13,15,17H,1-4,6-7,9-10,12,14H2,(H,21,23). The summed E-state index contributed by atoms with van der Waals surface area (Å²) in [6, 6.07) is 6.54. The number of halogens is 1. The minimum Gasteiger partial charge on any atom is -0.353 e. The fourth-order valence-electron chi connectivity index (χ4n) is 3.89. The van der Waals surface area contributed by atoms with Crippen molar-refractivity contribution in [2.24, 2.45) is 5.92 Å². The van der Waals surface area contributed by atoms with Crippen LogP contribution in [0.1, 0.15) is 51.4 Å². The number of sulfonamides is 1. The van der Waals surface area contributed by atoms with Crippen LogP contribution in [0.5, 0.6) is 0 Å². The molecule has 1 atom stereocenters. The van der Waals surface area contributed by atoms with Gasteiger partial charge in [0.05, 0.1) is 10.8 Å². The topological polar surface area (TPSA) is 66.5 Å². The van der Waals surface area contributed by atoms with Gasteiger partial charge in [0, 0.05) is 24.2 Å². The molecule has 2 aliphatic rings. The van der Waals surface area contributed by atoms with Gasteiger partial charge in [-0.05, 0) is 43.9 Å². The molecule has 1 unspecified atom stereocenters. The van der Waals surface area contributed by atoms with Crippen LogP contribution in [0.15, 0.2) is 29.2 Å². The number of nitrogens with zero attached hydrogens (tertiary/aromatic N) is 1. The summed E-state index contributed by atoms with van der Waals surface area (Å²) in [5.74, 6) is -0.274. The van der Waals surface area contributed by atoms with Crippen molar-refractivity contribution in [1.82, 2.24) is 9.62 Å². The number of hydrogen-bond donors (Lipinski definition) is 1. The predicted octanol–water partition coefficient (Wildman–Crippen LogP) is 3.58. The number of carbonyl (C=O) groups is 1. The molecule has 1 aliphatic carbocycles. The summed E-state index contributed by atoms with van der Waals surface area (Å²) < 4.78 is 27.2. The minimum atomic E-state index is -3.62. The zero-order valence-corrected chi connectivity index (χ0v) is 16.6. The van der Waals surface area contributed by atoms with Gasteiger partial charge in [0.15, 0.2) is 0 Å². The molecule has 0 spiro atoms. The van der Waals surface area contributed by atoms with Crippen molar-refractivity contribution in [2.75, 3.05) is 13.1 Å². The molecule has 0 bridgehead atoms. The van der Waals surface area contributed by atoms with Crippen molar-refractivity contribution in [1.29, 1.82) is 0 Å². The largest absolute Gasteiger partial charge is 0.353 e. The first-order chi connectivity index (χ1) is 12.5. The Hall–Kier alpha value is -1.11. The fourth-order valence-corrected chi connectivity index (χ4v) is 5.72. The Morgan fingerprint density at radius 1 is 1.08 bits per heavy atom. The summed E-state index contributed by atoms with van der Waals surface area (Å²) in [4.78, 5) is 12.9. The summed E-state index contributed by atoms with van der Waals surface area (Å²) in [5, 5.41) is 3.56. The van der Waals surface area contributed by atoms with E-state index in [4.69, 9.17) is 11.6 Å². The van der Waals surface area contributed by atoms with Crippen molar-refractivity contribution in [3.05, 3.63) is 29.3 Å². The zero-order chi connectivity index (χ0) is 18.6. The number of nitrogens with one attached hydrogen (secondary N) is 1. The second-order valence-electron chi connectivity index (χ2n) is 7.36. The van der Waals surface area contributed by atoms with Gasteiger partial charge < -0.3 is 5.32 Å². The molecule has 1 amide bonds. The van der Waals surface area contributed by atoms with E-state index < -0.39 is 10.0 Å². The van der Waals surface area contributed by atoms with Gasteiger partial charge in [0.2, 0.25) is 15.9 Å². The third-order valence-corrected chi connectivity index (χ3v) is 7.49. The Bertz CT molecular complexity index is 730. The minimum absolute atomic E-state index is 0.00268. The highest BCUT2D eigenvalue weighted by molar-refractivity contribution is 7.89. The van der Waals surface area contributed by atoms with E-state index in [1.807, 2.05) is 0 Å². The van der Waals surface area contributed by atoms with E-state index in [1.54, 1.807) is 18.2 Å². The number of piperidine rings is 1. The fraction of sp³-hybridized carbons (Fsp3) is 0.632. The smallest absolute Gasteiger partial charge is 0.243 e. The number of hydrogen-bond acceptors (Lipinski definition) is 3. The van der Waals surface area contributed by atoms with Crippen molar-refractivity contribution in [2.45, 2.75) is 62.3 Å². The molecular weight excluding hydrogens is 372 g/mol. The Labute approximate surface area is 161 Å². The normalized spacial score (nSPS) is 23.3. The molecule has 1 saturated carbocycles. The highest BCUT2D eigenvalue weighted by atomic mass is 35.5. The molecule has 1 saturated heterocycles. The van der Waals surface area contributed by atoms with E-state index in [1.165, 1.54) is 23.2 Å². The monoisotopic (exact) mass is 398 g/mol. The van der Waals surface area contributed by atoms with Crippen molar-refractivity contribution in [3.63, 3.8) is 0 Å². The summed E-state index contributed by atoms with van der Waals surface area (Å²) in [6.45, 7) is 0.690. The first-order valence-electron chi connectivity index (χ1n) is 9.53. The third-order valence-electron chi connectivity index (χ3n) is 5.39. The van der Waals surface area contributed by atoms with E-state index >= 15 is 0 Å². The van der Waals surface area contributed by atoms with Crippen LogP contribution in [-0.2, 0) is 14.8 Å². The maximum atomic E-state index is 12.9. The summed E-state index contributed by atoms with van der Waals surface area (Å²) in [5.41, 5.74) is 0. The van der Waals surface area contributed by atoms with Crippen LogP contribution in [0.4, 0.5) is 0 Å². The third kappa shape index (κ3) is 4.78. The maximum absolute atomic E-state index is 12.9. The van der Waals surface area contributed by atoms with Gasteiger partial charge in [-0.3, -0.25) is 4.79 Å². The predicted molar refractivity (Wildman–Crippen MR) is 103 cm³/mol. The highest BCUT2D eigenvalue weighted by Gasteiger charge is 2.34. The van der Waals surface area contributed by atoms with Gasteiger partial charge in [0.25, 0.3) is 0 Å². The van der Waals surface area contributed by atoms with Gasteiger partial charge in [-0.2, -0.15) is 4.31 Å². The SMILES string of the molecule is O=C(NC1CCCCCC1)C1CCCN(S(=O)(=O)c2cccc(Cl)c2)C1. The lowest BCUT2D eigenvalue weighted by molar-refractivity contribution is -0.126. The molecule has 1 aromatic rings. The van der Waals surface area contributed by atoms with Crippen LogP contribution < -0.4 is 5.32 Å². The van der Waals surface area contributed by atoms with E-state index in [-0.39, 0.29) is 29.3 Å². The molecule has 0 radical (unpaired) electrons. The van der Waals surface area contributed by atoms with E-state index in [2.05, 4.69) is 5.32 Å². The molecule has 1 heterocycles. The average Bonchev–Trinajstić information content (AvgIpc) is 2.90. The van der Waals surface area contributed by atoms with Crippen molar-refractivity contribution < 1.29 is 13.2 Å². The highest BCUT2D eigenvalue weighted by Crippen LogP contribution is 2.26. The molecule has 2 fully saturated rings. The van der Waals surface area contributed by atoms with Gasteiger partial charge >= 0.3 is 0 Å². The molecule has 144 valence electrons. The lowest BCUT2D eigenvalue weighted by Crippen LogP contribution is -2.47. The Morgan fingerprint density at radius 3 is 2.50 bits per heavy atom. The van der Waals surface area contributed by atoms with Gasteiger partial charge in [-0.15, -0.1) is 0 Å². The first-order valence-corrected chi connectivity index (χ1v) is 11.3. The summed E-state index contributed by atoms with van der Waals surface area (Å²) >= 11 is 5.94. The maximum Gasteiger partial charge on any atom is 0.243 e. The molecule has 0 aromatic heterocycles. The first kappa shape index (κ1) is 19.6. The van der Waals surface area contributed by atoms with Crippen molar-refractivity contribution >= 4 is 27.5 Å². The Morgan fingerprint density at radius 2 is 1.81 bits per heavy atom.